The molecule has 2 amide bonds. The number of piperidine rings is 2. The third kappa shape index (κ3) is 6.81. The number of rotatable bonds is 6. The van der Waals surface area contributed by atoms with E-state index in [1.165, 1.54) is 0 Å². The Hall–Kier alpha value is -1.41. The molecule has 2 aliphatic rings. The molecule has 2 aliphatic heterocycles. The summed E-state index contributed by atoms with van der Waals surface area (Å²) in [5.41, 5.74) is 0.636. The highest BCUT2D eigenvalue weighted by atomic mass is 35.5. The van der Waals surface area contributed by atoms with Crippen molar-refractivity contribution >= 4 is 36.6 Å². The van der Waals surface area contributed by atoms with Crippen molar-refractivity contribution in [3.63, 3.8) is 0 Å². The number of hydrogen-bond donors (Lipinski definition) is 2. The van der Waals surface area contributed by atoms with Gasteiger partial charge in [0.25, 0.3) is 5.91 Å². The summed E-state index contributed by atoms with van der Waals surface area (Å²) in [6.45, 7) is 4.38. The first-order valence-electron chi connectivity index (χ1n) is 9.80. The minimum Gasteiger partial charge on any atom is -0.384 e. The number of aromatic nitrogens is 1. The molecule has 0 spiro atoms. The van der Waals surface area contributed by atoms with Gasteiger partial charge in [0.05, 0.1) is 12.5 Å². The maximum Gasteiger partial charge on any atom is 0.253 e. The number of ether oxygens (including phenoxy) is 1. The van der Waals surface area contributed by atoms with Crippen LogP contribution in [0.3, 0.4) is 0 Å². The Bertz CT molecular complexity index is 636. The fraction of sp³-hybridized carbons (Fsp3) is 0.650. The maximum absolute atomic E-state index is 12.8. The van der Waals surface area contributed by atoms with Crippen LogP contribution in [0.4, 0.5) is 0 Å². The van der Waals surface area contributed by atoms with Crippen molar-refractivity contribution in [3.05, 3.63) is 30.1 Å². The van der Waals surface area contributed by atoms with Crippen molar-refractivity contribution in [2.45, 2.75) is 25.7 Å². The first-order chi connectivity index (χ1) is 13.1. The summed E-state index contributed by atoms with van der Waals surface area (Å²) in [6.07, 6.45) is 6.91. The molecule has 0 bridgehead atoms. The predicted molar refractivity (Wildman–Crippen MR) is 117 cm³/mol. The van der Waals surface area contributed by atoms with Crippen LogP contribution in [0.2, 0.25) is 0 Å². The highest BCUT2D eigenvalue weighted by Crippen LogP contribution is 2.28. The van der Waals surface area contributed by atoms with E-state index in [-0.39, 0.29) is 48.0 Å². The number of likely N-dealkylation sites (tertiary alicyclic amines) is 1. The van der Waals surface area contributed by atoms with Gasteiger partial charge in [0.2, 0.25) is 5.91 Å². The van der Waals surface area contributed by atoms with E-state index in [0.29, 0.717) is 31.8 Å². The summed E-state index contributed by atoms with van der Waals surface area (Å²) < 4.78 is 5.42. The SMILES string of the molecule is COCC1(CNC(=O)C2CCCN(C(=O)c3ccncc3)C2)CCNCC1.Cl.Cl. The van der Waals surface area contributed by atoms with Gasteiger partial charge in [-0.1, -0.05) is 0 Å². The van der Waals surface area contributed by atoms with Crippen LogP contribution in [-0.2, 0) is 9.53 Å². The lowest BCUT2D eigenvalue weighted by Crippen LogP contribution is -2.50. The average Bonchev–Trinajstić information content (AvgIpc) is 2.73. The zero-order chi connectivity index (χ0) is 19.1. The molecule has 0 aliphatic carbocycles. The molecule has 2 fully saturated rings. The zero-order valence-corrected chi connectivity index (χ0v) is 18.5. The summed E-state index contributed by atoms with van der Waals surface area (Å²) in [5.74, 6) is -0.119. The minimum absolute atomic E-state index is 0. The Morgan fingerprint density at radius 1 is 1.28 bits per heavy atom. The number of pyridine rings is 1. The first kappa shape index (κ1) is 25.6. The van der Waals surface area contributed by atoms with E-state index in [2.05, 4.69) is 15.6 Å². The Labute approximate surface area is 185 Å². The fourth-order valence-corrected chi connectivity index (χ4v) is 4.11. The van der Waals surface area contributed by atoms with Gasteiger partial charge in [0, 0.05) is 50.1 Å². The van der Waals surface area contributed by atoms with E-state index in [1.54, 1.807) is 36.5 Å². The fourth-order valence-electron chi connectivity index (χ4n) is 4.11. The van der Waals surface area contributed by atoms with Crippen molar-refractivity contribution in [1.29, 1.82) is 0 Å². The van der Waals surface area contributed by atoms with Crippen molar-refractivity contribution in [2.75, 3.05) is 46.4 Å². The summed E-state index contributed by atoms with van der Waals surface area (Å²) >= 11 is 0. The van der Waals surface area contributed by atoms with Gasteiger partial charge >= 0.3 is 0 Å². The van der Waals surface area contributed by atoms with E-state index in [1.807, 2.05) is 0 Å². The third-order valence-corrected chi connectivity index (χ3v) is 5.76. The molecule has 2 saturated heterocycles. The number of nitrogens with one attached hydrogen (secondary N) is 2. The highest BCUT2D eigenvalue weighted by Gasteiger charge is 2.34. The molecule has 1 aromatic heterocycles. The molecule has 1 unspecified atom stereocenters. The molecule has 9 heteroatoms. The number of nitrogens with zero attached hydrogens (tertiary/aromatic N) is 2. The second-order valence-electron chi connectivity index (χ2n) is 7.73. The molecule has 3 heterocycles. The van der Waals surface area contributed by atoms with Gasteiger partial charge in [0.15, 0.2) is 0 Å². The summed E-state index contributed by atoms with van der Waals surface area (Å²) in [4.78, 5) is 31.2. The number of carbonyl (C=O) groups is 2. The van der Waals surface area contributed by atoms with Crippen LogP contribution < -0.4 is 10.6 Å². The largest absolute Gasteiger partial charge is 0.384 e. The van der Waals surface area contributed by atoms with Gasteiger partial charge in [0.1, 0.15) is 0 Å². The lowest BCUT2D eigenvalue weighted by Gasteiger charge is -2.38. The maximum atomic E-state index is 12.8. The summed E-state index contributed by atoms with van der Waals surface area (Å²) in [6, 6.07) is 3.44. The van der Waals surface area contributed by atoms with Crippen molar-refractivity contribution in [2.24, 2.45) is 11.3 Å². The predicted octanol–water partition coefficient (Wildman–Crippen LogP) is 1.91. The van der Waals surface area contributed by atoms with E-state index in [4.69, 9.17) is 4.74 Å². The number of halogens is 2. The van der Waals surface area contributed by atoms with Gasteiger partial charge in [-0.05, 0) is 50.9 Å². The molecule has 7 nitrogen and oxygen atoms in total. The molecule has 29 heavy (non-hydrogen) atoms. The minimum atomic E-state index is -0.147. The van der Waals surface area contributed by atoms with Crippen LogP contribution in [0.15, 0.2) is 24.5 Å². The molecule has 2 N–H and O–H groups in total. The number of hydrogen-bond acceptors (Lipinski definition) is 5. The second kappa shape index (κ2) is 12.3. The molecule has 164 valence electrons. The number of amides is 2. The Kier molecular flexibility index (Phi) is 10.9. The van der Waals surface area contributed by atoms with Crippen LogP contribution >= 0.6 is 24.8 Å². The quantitative estimate of drug-likeness (QED) is 0.696. The molecule has 0 radical (unpaired) electrons. The summed E-state index contributed by atoms with van der Waals surface area (Å²) in [5, 5.41) is 6.52. The first-order valence-corrected chi connectivity index (χ1v) is 9.80. The molecule has 1 aromatic rings. The van der Waals surface area contributed by atoms with Gasteiger partial charge in [-0.15, -0.1) is 24.8 Å². The zero-order valence-electron chi connectivity index (χ0n) is 16.9. The average molecular weight is 447 g/mol. The lowest BCUT2D eigenvalue weighted by atomic mass is 9.79. The van der Waals surface area contributed by atoms with Gasteiger partial charge in [-0.25, -0.2) is 0 Å². The Morgan fingerprint density at radius 2 is 1.97 bits per heavy atom. The molecular formula is C20H32Cl2N4O3. The van der Waals surface area contributed by atoms with Crippen LogP contribution in [0.25, 0.3) is 0 Å². The molecular weight excluding hydrogens is 415 g/mol. The molecule has 0 saturated carbocycles. The third-order valence-electron chi connectivity index (χ3n) is 5.76. The van der Waals surface area contributed by atoms with Crippen LogP contribution in [0, 0.1) is 11.3 Å². The highest BCUT2D eigenvalue weighted by molar-refractivity contribution is 5.94. The Morgan fingerprint density at radius 3 is 2.62 bits per heavy atom. The van der Waals surface area contributed by atoms with Crippen LogP contribution in [-0.4, -0.2) is 68.1 Å². The van der Waals surface area contributed by atoms with E-state index in [0.717, 1.165) is 38.8 Å². The molecule has 1 atom stereocenters. The van der Waals surface area contributed by atoms with E-state index >= 15 is 0 Å². The monoisotopic (exact) mass is 446 g/mol. The number of carbonyl (C=O) groups excluding carboxylic acids is 2. The normalized spacial score (nSPS) is 20.7. The van der Waals surface area contributed by atoms with Crippen molar-refractivity contribution in [1.82, 2.24) is 20.5 Å². The van der Waals surface area contributed by atoms with Gasteiger partial charge in [-0.2, -0.15) is 0 Å². The lowest BCUT2D eigenvalue weighted by molar-refractivity contribution is -0.127. The summed E-state index contributed by atoms with van der Waals surface area (Å²) in [7, 11) is 1.72. The van der Waals surface area contributed by atoms with Crippen molar-refractivity contribution in [3.8, 4) is 0 Å². The molecule has 0 aromatic carbocycles. The van der Waals surface area contributed by atoms with Crippen LogP contribution in [0.1, 0.15) is 36.0 Å². The van der Waals surface area contributed by atoms with Crippen molar-refractivity contribution < 1.29 is 14.3 Å². The molecule has 3 rings (SSSR count). The van der Waals surface area contributed by atoms with Gasteiger partial charge in [-0.3, -0.25) is 14.6 Å². The number of methoxy groups -OCH3 is 1. The smallest absolute Gasteiger partial charge is 0.253 e. The van der Waals surface area contributed by atoms with E-state index in [9.17, 15) is 9.59 Å². The Balaban J connectivity index is 0.00000210. The van der Waals surface area contributed by atoms with Gasteiger partial charge < -0.3 is 20.3 Å². The topological polar surface area (TPSA) is 83.6 Å². The van der Waals surface area contributed by atoms with Crippen LogP contribution in [0.5, 0.6) is 0 Å². The van der Waals surface area contributed by atoms with E-state index < -0.39 is 0 Å². The standard InChI is InChI=1S/C20H30N4O3.2ClH/c1-27-15-20(6-10-22-11-7-20)14-23-18(25)17-3-2-12-24(13-17)19(26)16-4-8-21-9-5-16;;/h4-5,8-9,17,22H,2-3,6-7,10-15H2,1H3,(H,23,25);2*1H. The second-order valence-corrected chi connectivity index (χ2v) is 7.73.